The van der Waals surface area contributed by atoms with Gasteiger partial charge in [-0.05, 0) is 36.4 Å². The fourth-order valence-corrected chi connectivity index (χ4v) is 4.00. The summed E-state index contributed by atoms with van der Waals surface area (Å²) < 4.78 is 0. The van der Waals surface area contributed by atoms with Gasteiger partial charge in [-0.1, -0.05) is 19.1 Å². The second-order valence-corrected chi connectivity index (χ2v) is 7.87. The number of fused-ring (bicyclic) bond motifs is 1. The minimum atomic E-state index is -0.273. The van der Waals surface area contributed by atoms with Crippen molar-refractivity contribution in [1.82, 2.24) is 0 Å². The molecule has 0 saturated heterocycles. The zero-order chi connectivity index (χ0) is 19.4. The van der Waals surface area contributed by atoms with E-state index in [2.05, 4.69) is 10.6 Å². The van der Waals surface area contributed by atoms with Gasteiger partial charge in [0.1, 0.15) is 6.54 Å². The number of nitrogens with zero attached hydrogens (tertiary/aromatic N) is 1. The van der Waals surface area contributed by atoms with Crippen LogP contribution in [0, 0.1) is 0 Å². The Morgan fingerprint density at radius 2 is 1.70 bits per heavy atom. The number of carbonyl (C=O) groups is 3. The summed E-state index contributed by atoms with van der Waals surface area (Å²) in [5, 5.41) is 5.63. The van der Waals surface area contributed by atoms with Crippen LogP contribution in [0.5, 0.6) is 0 Å². The van der Waals surface area contributed by atoms with Crippen LogP contribution in [0.1, 0.15) is 20.3 Å². The molecule has 1 aliphatic heterocycles. The highest BCUT2D eigenvalue weighted by Gasteiger charge is 2.27. The van der Waals surface area contributed by atoms with Gasteiger partial charge in [-0.25, -0.2) is 0 Å². The molecular formula is C20H21N3O3S. The summed E-state index contributed by atoms with van der Waals surface area (Å²) in [7, 11) is 0. The smallest absolute Gasteiger partial charge is 0.244 e. The van der Waals surface area contributed by atoms with Crippen molar-refractivity contribution in [1.29, 1.82) is 0 Å². The van der Waals surface area contributed by atoms with E-state index in [9.17, 15) is 14.4 Å². The fourth-order valence-electron chi connectivity index (χ4n) is 2.89. The molecular weight excluding hydrogens is 362 g/mol. The van der Waals surface area contributed by atoms with Crippen LogP contribution in [0.3, 0.4) is 0 Å². The lowest BCUT2D eigenvalue weighted by molar-refractivity contribution is -0.121. The third-order valence-corrected chi connectivity index (χ3v) is 5.21. The highest BCUT2D eigenvalue weighted by molar-refractivity contribution is 8.00. The van der Waals surface area contributed by atoms with Crippen LogP contribution in [-0.2, 0) is 14.4 Å². The maximum absolute atomic E-state index is 12.6. The SMILES string of the molecule is CC(=O)Nc1ccc(NC(=O)CN2C(=O)CC(C)Sc3ccccc32)cc1. The van der Waals surface area contributed by atoms with Crippen LogP contribution in [0.15, 0.2) is 53.4 Å². The first-order valence-corrected chi connectivity index (χ1v) is 9.54. The lowest BCUT2D eigenvalue weighted by Gasteiger charge is -2.22. The van der Waals surface area contributed by atoms with Crippen LogP contribution in [0.2, 0.25) is 0 Å². The van der Waals surface area contributed by atoms with Gasteiger partial charge < -0.3 is 15.5 Å². The molecule has 27 heavy (non-hydrogen) atoms. The average Bonchev–Trinajstić information content (AvgIpc) is 2.72. The van der Waals surface area contributed by atoms with Crippen molar-refractivity contribution in [2.45, 2.75) is 30.4 Å². The van der Waals surface area contributed by atoms with Crippen LogP contribution in [0.25, 0.3) is 0 Å². The molecule has 0 saturated carbocycles. The molecule has 3 rings (SSSR count). The van der Waals surface area contributed by atoms with Crippen LogP contribution >= 0.6 is 11.8 Å². The third kappa shape index (κ3) is 4.89. The van der Waals surface area contributed by atoms with Crippen molar-refractivity contribution in [2.24, 2.45) is 0 Å². The second-order valence-electron chi connectivity index (χ2n) is 6.39. The summed E-state index contributed by atoms with van der Waals surface area (Å²) >= 11 is 1.65. The molecule has 2 aromatic carbocycles. The number of rotatable bonds is 4. The molecule has 1 aliphatic rings. The fraction of sp³-hybridized carbons (Fsp3) is 0.250. The Morgan fingerprint density at radius 3 is 2.37 bits per heavy atom. The van der Waals surface area contributed by atoms with E-state index in [4.69, 9.17) is 0 Å². The quantitative estimate of drug-likeness (QED) is 0.847. The standard InChI is InChI=1S/C20H21N3O3S/c1-13-11-20(26)23(17-5-3-4-6-18(17)27-13)12-19(25)22-16-9-7-15(8-10-16)21-14(2)24/h3-10,13H,11-12H2,1-2H3,(H,21,24)(H,22,25). The van der Waals surface area contributed by atoms with Gasteiger partial charge in [0.2, 0.25) is 17.7 Å². The molecule has 1 atom stereocenters. The molecule has 0 fully saturated rings. The summed E-state index contributed by atoms with van der Waals surface area (Å²) in [5.41, 5.74) is 2.03. The number of benzene rings is 2. The Hall–Kier alpha value is -2.80. The van der Waals surface area contributed by atoms with Gasteiger partial charge in [0.15, 0.2) is 0 Å². The average molecular weight is 383 g/mol. The van der Waals surface area contributed by atoms with E-state index >= 15 is 0 Å². The van der Waals surface area contributed by atoms with Gasteiger partial charge in [0.25, 0.3) is 0 Å². The molecule has 0 spiro atoms. The zero-order valence-corrected chi connectivity index (χ0v) is 16.0. The summed E-state index contributed by atoms with van der Waals surface area (Å²) in [6, 6.07) is 14.5. The minimum Gasteiger partial charge on any atom is -0.326 e. The van der Waals surface area contributed by atoms with E-state index in [1.807, 2.05) is 31.2 Å². The van der Waals surface area contributed by atoms with Crippen molar-refractivity contribution in [2.75, 3.05) is 22.1 Å². The number of amides is 3. The van der Waals surface area contributed by atoms with Crippen molar-refractivity contribution >= 4 is 46.5 Å². The molecule has 1 heterocycles. The molecule has 6 nitrogen and oxygen atoms in total. The number of anilines is 3. The molecule has 3 amide bonds. The Labute approximate surface area is 162 Å². The van der Waals surface area contributed by atoms with Gasteiger partial charge in [0.05, 0.1) is 5.69 Å². The Kier molecular flexibility index (Phi) is 5.81. The number of hydrogen-bond acceptors (Lipinski definition) is 4. The van der Waals surface area contributed by atoms with Crippen molar-refractivity contribution in [3.8, 4) is 0 Å². The van der Waals surface area contributed by atoms with Gasteiger partial charge in [-0.15, -0.1) is 11.8 Å². The number of carbonyl (C=O) groups excluding carboxylic acids is 3. The number of nitrogens with one attached hydrogen (secondary N) is 2. The van der Waals surface area contributed by atoms with Gasteiger partial charge >= 0.3 is 0 Å². The second kappa shape index (κ2) is 8.26. The number of hydrogen-bond donors (Lipinski definition) is 2. The number of para-hydroxylation sites is 1. The van der Waals surface area contributed by atoms with E-state index in [-0.39, 0.29) is 29.5 Å². The van der Waals surface area contributed by atoms with Crippen molar-refractivity contribution in [3.05, 3.63) is 48.5 Å². The summed E-state index contributed by atoms with van der Waals surface area (Å²) in [6.45, 7) is 3.40. The summed E-state index contributed by atoms with van der Waals surface area (Å²) in [5.74, 6) is -0.488. The predicted octanol–water partition coefficient (Wildman–Crippen LogP) is 3.50. The lowest BCUT2D eigenvalue weighted by Crippen LogP contribution is -2.38. The molecule has 2 N–H and O–H groups in total. The predicted molar refractivity (Wildman–Crippen MR) is 108 cm³/mol. The molecule has 140 valence electrons. The molecule has 7 heteroatoms. The van der Waals surface area contributed by atoms with E-state index in [1.165, 1.54) is 6.92 Å². The van der Waals surface area contributed by atoms with E-state index in [0.717, 1.165) is 10.6 Å². The summed E-state index contributed by atoms with van der Waals surface area (Å²) in [6.07, 6.45) is 0.387. The lowest BCUT2D eigenvalue weighted by atomic mass is 10.2. The van der Waals surface area contributed by atoms with Gasteiger partial charge in [-0.3, -0.25) is 14.4 Å². The maximum Gasteiger partial charge on any atom is 0.244 e. The number of thioether (sulfide) groups is 1. The van der Waals surface area contributed by atoms with Crippen molar-refractivity contribution < 1.29 is 14.4 Å². The molecule has 0 aromatic heterocycles. The largest absolute Gasteiger partial charge is 0.326 e. The summed E-state index contributed by atoms with van der Waals surface area (Å²) in [4.78, 5) is 38.7. The zero-order valence-electron chi connectivity index (χ0n) is 15.2. The molecule has 0 bridgehead atoms. The van der Waals surface area contributed by atoms with Gasteiger partial charge in [-0.2, -0.15) is 0 Å². The molecule has 1 unspecified atom stereocenters. The van der Waals surface area contributed by atoms with E-state index in [1.54, 1.807) is 40.9 Å². The van der Waals surface area contributed by atoms with Crippen LogP contribution in [-0.4, -0.2) is 29.5 Å². The Bertz CT molecular complexity index is 867. The highest BCUT2D eigenvalue weighted by atomic mass is 32.2. The topological polar surface area (TPSA) is 78.5 Å². The van der Waals surface area contributed by atoms with Crippen molar-refractivity contribution in [3.63, 3.8) is 0 Å². The van der Waals surface area contributed by atoms with E-state index < -0.39 is 0 Å². The van der Waals surface area contributed by atoms with Crippen LogP contribution in [0.4, 0.5) is 17.1 Å². The highest BCUT2D eigenvalue weighted by Crippen LogP contribution is 2.37. The minimum absolute atomic E-state index is 0.0451. The first-order valence-electron chi connectivity index (χ1n) is 8.66. The molecule has 0 aliphatic carbocycles. The first-order chi connectivity index (χ1) is 12.9. The van der Waals surface area contributed by atoms with Crippen LogP contribution < -0.4 is 15.5 Å². The molecule has 2 aromatic rings. The maximum atomic E-state index is 12.6. The Balaban J connectivity index is 1.71. The molecule has 0 radical (unpaired) electrons. The van der Waals surface area contributed by atoms with Gasteiger partial charge in [0, 0.05) is 34.9 Å². The first kappa shape index (κ1) is 19.0. The van der Waals surface area contributed by atoms with E-state index in [0.29, 0.717) is 17.8 Å². The monoisotopic (exact) mass is 383 g/mol. The third-order valence-electron chi connectivity index (χ3n) is 4.04. The Morgan fingerprint density at radius 1 is 1.07 bits per heavy atom. The normalized spacial score (nSPS) is 16.3.